The highest BCUT2D eigenvalue weighted by Crippen LogP contribution is 2.41. The molecule has 1 aliphatic rings. The Morgan fingerprint density at radius 2 is 1.82 bits per heavy atom. The molecule has 2 atom stereocenters. The summed E-state index contributed by atoms with van der Waals surface area (Å²) < 4.78 is 27.4. The number of rotatable bonds is 3. The third-order valence-corrected chi connectivity index (χ3v) is 4.85. The van der Waals surface area contributed by atoms with Gasteiger partial charge in [-0.25, -0.2) is 14.4 Å². The predicted octanol–water partition coefficient (Wildman–Crippen LogP) is 2.44. The molecule has 8 heteroatoms. The smallest absolute Gasteiger partial charge is 0.248 e. The van der Waals surface area contributed by atoms with E-state index in [4.69, 9.17) is 4.99 Å². The standard InChI is InChI=1S/C20H16F2N4O2/c1-11-20(12-2-4-14(21)5-3-12,13-8-9-23-16(22)10-13)26-19(24-11)18-15(27)6-7-17(28)25-18/h2-11,27H,1H3,(H,24,26)(H,25,28)/t11-,20+/m0/s1. The fraction of sp³-hybridized carbons (Fsp3) is 0.150. The average Bonchev–Trinajstić information content (AvgIpc) is 3.02. The summed E-state index contributed by atoms with van der Waals surface area (Å²) in [7, 11) is 0. The largest absolute Gasteiger partial charge is 0.506 e. The Morgan fingerprint density at radius 3 is 2.54 bits per heavy atom. The number of pyridine rings is 2. The van der Waals surface area contributed by atoms with Gasteiger partial charge >= 0.3 is 0 Å². The second-order valence-electron chi connectivity index (χ2n) is 6.55. The summed E-state index contributed by atoms with van der Waals surface area (Å²) in [5, 5.41) is 13.3. The van der Waals surface area contributed by atoms with Crippen LogP contribution in [0.4, 0.5) is 8.78 Å². The van der Waals surface area contributed by atoms with Gasteiger partial charge in [0.15, 0.2) is 5.84 Å². The van der Waals surface area contributed by atoms with Crippen LogP contribution in [0.1, 0.15) is 23.7 Å². The van der Waals surface area contributed by atoms with Crippen molar-refractivity contribution in [2.24, 2.45) is 4.99 Å². The highest BCUT2D eigenvalue weighted by Gasteiger charge is 2.45. The van der Waals surface area contributed by atoms with Gasteiger partial charge in [0.2, 0.25) is 11.5 Å². The summed E-state index contributed by atoms with van der Waals surface area (Å²) >= 11 is 0. The van der Waals surface area contributed by atoms with Crippen LogP contribution >= 0.6 is 0 Å². The molecule has 0 spiro atoms. The quantitative estimate of drug-likeness (QED) is 0.607. The molecule has 0 amide bonds. The zero-order valence-corrected chi connectivity index (χ0v) is 14.8. The van der Waals surface area contributed by atoms with E-state index in [2.05, 4.69) is 15.3 Å². The Kier molecular flexibility index (Phi) is 4.18. The first-order valence-electron chi connectivity index (χ1n) is 8.57. The first-order chi connectivity index (χ1) is 13.4. The van der Waals surface area contributed by atoms with Gasteiger partial charge in [0.1, 0.15) is 22.8 Å². The summed E-state index contributed by atoms with van der Waals surface area (Å²) in [5.74, 6) is -1.00. The van der Waals surface area contributed by atoms with Gasteiger partial charge in [-0.1, -0.05) is 12.1 Å². The van der Waals surface area contributed by atoms with E-state index in [1.165, 1.54) is 36.5 Å². The lowest BCUT2D eigenvalue weighted by Crippen LogP contribution is -2.41. The summed E-state index contributed by atoms with van der Waals surface area (Å²) in [6.45, 7) is 1.83. The van der Waals surface area contributed by atoms with Gasteiger partial charge in [-0.2, -0.15) is 4.39 Å². The molecule has 0 radical (unpaired) electrons. The van der Waals surface area contributed by atoms with E-state index in [9.17, 15) is 18.7 Å². The van der Waals surface area contributed by atoms with Crippen molar-refractivity contribution < 1.29 is 13.9 Å². The van der Waals surface area contributed by atoms with Crippen LogP contribution in [0.15, 0.2) is 64.5 Å². The Hall–Kier alpha value is -3.55. The fourth-order valence-corrected chi connectivity index (χ4v) is 3.53. The zero-order chi connectivity index (χ0) is 19.9. The maximum absolute atomic E-state index is 13.9. The maximum atomic E-state index is 13.9. The van der Waals surface area contributed by atoms with Crippen LogP contribution in [0.3, 0.4) is 0 Å². The van der Waals surface area contributed by atoms with Crippen LogP contribution < -0.4 is 10.9 Å². The van der Waals surface area contributed by atoms with E-state index >= 15 is 0 Å². The molecule has 3 N–H and O–H groups in total. The van der Waals surface area contributed by atoms with E-state index in [0.717, 1.165) is 0 Å². The van der Waals surface area contributed by atoms with Crippen molar-refractivity contribution in [1.82, 2.24) is 15.3 Å². The number of H-pyrrole nitrogens is 1. The molecule has 0 unspecified atom stereocenters. The Balaban J connectivity index is 1.97. The Bertz CT molecular complexity index is 1130. The summed E-state index contributed by atoms with van der Waals surface area (Å²) in [6, 6.07) is 10.7. The van der Waals surface area contributed by atoms with Crippen LogP contribution in [-0.4, -0.2) is 27.0 Å². The molecular formula is C20H16F2N4O2. The monoisotopic (exact) mass is 382 g/mol. The highest BCUT2D eigenvalue weighted by atomic mass is 19.1. The molecular weight excluding hydrogens is 366 g/mol. The molecule has 0 aliphatic carbocycles. The number of nitrogens with zero attached hydrogens (tertiary/aromatic N) is 2. The number of aromatic nitrogens is 2. The Labute approximate surface area is 158 Å². The van der Waals surface area contributed by atoms with E-state index < -0.39 is 28.9 Å². The summed E-state index contributed by atoms with van der Waals surface area (Å²) in [5.41, 5.74) is -0.282. The number of nitrogens with one attached hydrogen (secondary N) is 2. The van der Waals surface area contributed by atoms with E-state index in [-0.39, 0.29) is 17.3 Å². The van der Waals surface area contributed by atoms with Crippen molar-refractivity contribution >= 4 is 5.84 Å². The number of benzene rings is 1. The van der Waals surface area contributed by atoms with Crippen LogP contribution in [0.2, 0.25) is 0 Å². The minimum absolute atomic E-state index is 0.123. The lowest BCUT2D eigenvalue weighted by atomic mass is 9.79. The van der Waals surface area contributed by atoms with Crippen molar-refractivity contribution in [3.63, 3.8) is 0 Å². The number of aromatic amines is 1. The Morgan fingerprint density at radius 1 is 1.07 bits per heavy atom. The second-order valence-corrected chi connectivity index (χ2v) is 6.55. The lowest BCUT2D eigenvalue weighted by Gasteiger charge is -2.31. The average molecular weight is 382 g/mol. The first kappa shape index (κ1) is 17.8. The molecule has 142 valence electrons. The first-order valence-corrected chi connectivity index (χ1v) is 8.57. The molecule has 0 saturated heterocycles. The topological polar surface area (TPSA) is 90.4 Å². The molecule has 1 aromatic carbocycles. The number of halogens is 2. The van der Waals surface area contributed by atoms with Crippen LogP contribution in [0, 0.1) is 11.8 Å². The number of aliphatic imine (C=N–C) groups is 1. The number of hydrogen-bond donors (Lipinski definition) is 3. The van der Waals surface area contributed by atoms with Gasteiger partial charge in [-0.3, -0.25) is 4.79 Å². The molecule has 6 nitrogen and oxygen atoms in total. The van der Waals surface area contributed by atoms with Gasteiger partial charge < -0.3 is 15.4 Å². The van der Waals surface area contributed by atoms with Gasteiger partial charge in [0.05, 0.1) is 6.04 Å². The number of aromatic hydroxyl groups is 1. The number of amidine groups is 1. The molecule has 3 aromatic rings. The molecule has 28 heavy (non-hydrogen) atoms. The third kappa shape index (κ3) is 2.83. The van der Waals surface area contributed by atoms with Gasteiger partial charge in [-0.15, -0.1) is 0 Å². The van der Waals surface area contributed by atoms with E-state index in [0.29, 0.717) is 11.1 Å². The van der Waals surface area contributed by atoms with Crippen molar-refractivity contribution in [3.05, 3.63) is 93.7 Å². The molecule has 4 rings (SSSR count). The second kappa shape index (κ2) is 6.56. The predicted molar refractivity (Wildman–Crippen MR) is 99.2 cm³/mol. The number of hydrogen-bond acceptors (Lipinski definition) is 5. The molecule has 0 fully saturated rings. The van der Waals surface area contributed by atoms with Crippen molar-refractivity contribution in [2.45, 2.75) is 18.5 Å². The minimum Gasteiger partial charge on any atom is -0.506 e. The third-order valence-electron chi connectivity index (χ3n) is 4.85. The fourth-order valence-electron chi connectivity index (χ4n) is 3.53. The van der Waals surface area contributed by atoms with Gasteiger partial charge in [0, 0.05) is 12.3 Å². The van der Waals surface area contributed by atoms with Crippen molar-refractivity contribution in [3.8, 4) is 5.75 Å². The molecule has 2 aromatic heterocycles. The van der Waals surface area contributed by atoms with Crippen molar-refractivity contribution in [1.29, 1.82) is 0 Å². The SMILES string of the molecule is C[C@@H]1NC(c2[nH]c(=O)ccc2O)=N[C@]1(c1ccc(F)cc1)c1ccnc(F)c1. The normalized spacial score (nSPS) is 21.2. The molecule has 0 bridgehead atoms. The highest BCUT2D eigenvalue weighted by molar-refractivity contribution is 6.01. The van der Waals surface area contributed by atoms with E-state index in [1.807, 2.05) is 6.92 Å². The zero-order valence-electron chi connectivity index (χ0n) is 14.8. The lowest BCUT2D eigenvalue weighted by molar-refractivity contribution is 0.448. The van der Waals surface area contributed by atoms with Crippen molar-refractivity contribution in [2.75, 3.05) is 0 Å². The molecule has 3 heterocycles. The van der Waals surface area contributed by atoms with Crippen LogP contribution in [0.25, 0.3) is 0 Å². The maximum Gasteiger partial charge on any atom is 0.248 e. The van der Waals surface area contributed by atoms with Crippen LogP contribution in [0.5, 0.6) is 5.75 Å². The molecule has 1 aliphatic heterocycles. The minimum atomic E-state index is -1.12. The molecule has 0 saturated carbocycles. The van der Waals surface area contributed by atoms with Gasteiger partial charge in [-0.05, 0) is 48.4 Å². The summed E-state index contributed by atoms with van der Waals surface area (Å²) in [6.07, 6.45) is 1.33. The van der Waals surface area contributed by atoms with E-state index in [1.54, 1.807) is 18.2 Å². The van der Waals surface area contributed by atoms with Crippen LogP contribution in [-0.2, 0) is 5.54 Å². The van der Waals surface area contributed by atoms with Gasteiger partial charge in [0.25, 0.3) is 0 Å². The summed E-state index contributed by atoms with van der Waals surface area (Å²) in [4.78, 5) is 22.6.